The van der Waals surface area contributed by atoms with Gasteiger partial charge in [-0.1, -0.05) is 66.2 Å². The van der Waals surface area contributed by atoms with Crippen LogP contribution in [0.25, 0.3) is 0 Å². The molecule has 3 rings (SSSR count). The van der Waals surface area contributed by atoms with Crippen LogP contribution in [-0.2, 0) is 11.2 Å². The van der Waals surface area contributed by atoms with E-state index in [9.17, 15) is 4.79 Å². The van der Waals surface area contributed by atoms with Crippen molar-refractivity contribution >= 4 is 17.5 Å². The van der Waals surface area contributed by atoms with E-state index in [-0.39, 0.29) is 18.4 Å². The van der Waals surface area contributed by atoms with E-state index in [0.717, 1.165) is 28.0 Å². The van der Waals surface area contributed by atoms with E-state index in [2.05, 4.69) is 5.32 Å². The quantitative estimate of drug-likeness (QED) is 0.646. The number of nitrogens with one attached hydrogen (secondary N) is 1. The van der Waals surface area contributed by atoms with Crippen molar-refractivity contribution < 1.29 is 9.53 Å². The fourth-order valence-corrected chi connectivity index (χ4v) is 3.16. The van der Waals surface area contributed by atoms with Crippen molar-refractivity contribution in [1.82, 2.24) is 5.32 Å². The summed E-state index contributed by atoms with van der Waals surface area (Å²) in [6.07, 6.45) is 0.285. The van der Waals surface area contributed by atoms with Gasteiger partial charge in [-0.15, -0.1) is 0 Å². The first kappa shape index (κ1) is 19.0. The molecule has 0 aliphatic heterocycles. The molecule has 138 valence electrons. The van der Waals surface area contributed by atoms with Crippen LogP contribution in [0.5, 0.6) is 5.75 Å². The number of carbonyl (C=O) groups is 1. The minimum absolute atomic E-state index is 0.0512. The second kappa shape index (κ2) is 8.74. The lowest BCUT2D eigenvalue weighted by atomic mass is 9.98. The highest BCUT2D eigenvalue weighted by molar-refractivity contribution is 6.30. The van der Waals surface area contributed by atoms with E-state index in [1.54, 1.807) is 7.11 Å². The molecule has 0 aliphatic carbocycles. The Morgan fingerprint density at radius 1 is 1.00 bits per heavy atom. The fraction of sp³-hybridized carbons (Fsp3) is 0.174. The van der Waals surface area contributed by atoms with Crippen LogP contribution in [0.1, 0.15) is 28.3 Å². The smallest absolute Gasteiger partial charge is 0.225 e. The molecule has 0 heterocycles. The van der Waals surface area contributed by atoms with E-state index in [0.29, 0.717) is 5.02 Å². The van der Waals surface area contributed by atoms with Crippen LogP contribution in [0, 0.1) is 6.92 Å². The third-order valence-corrected chi connectivity index (χ3v) is 4.73. The van der Waals surface area contributed by atoms with Gasteiger partial charge in [0, 0.05) is 5.02 Å². The van der Waals surface area contributed by atoms with Gasteiger partial charge in [0.05, 0.1) is 19.6 Å². The maximum absolute atomic E-state index is 12.7. The molecule has 0 unspecified atom stereocenters. The van der Waals surface area contributed by atoms with Gasteiger partial charge in [-0.05, 0) is 47.4 Å². The number of ether oxygens (including phenoxy) is 1. The first-order valence-electron chi connectivity index (χ1n) is 8.80. The summed E-state index contributed by atoms with van der Waals surface area (Å²) in [7, 11) is 1.64. The van der Waals surface area contributed by atoms with Gasteiger partial charge in [0.1, 0.15) is 5.75 Å². The molecule has 3 nitrogen and oxygen atoms in total. The number of hydrogen-bond donors (Lipinski definition) is 1. The summed E-state index contributed by atoms with van der Waals surface area (Å²) in [5.74, 6) is 0.738. The van der Waals surface area contributed by atoms with Crippen LogP contribution in [-0.4, -0.2) is 13.0 Å². The highest BCUT2D eigenvalue weighted by Gasteiger charge is 2.17. The first-order chi connectivity index (χ1) is 13.1. The molecule has 0 aromatic heterocycles. The molecule has 0 bridgehead atoms. The zero-order chi connectivity index (χ0) is 19.2. The highest BCUT2D eigenvalue weighted by atomic mass is 35.5. The topological polar surface area (TPSA) is 38.3 Å². The Kier molecular flexibility index (Phi) is 6.15. The summed E-state index contributed by atoms with van der Waals surface area (Å²) in [6.45, 7) is 1.98. The van der Waals surface area contributed by atoms with Crippen molar-refractivity contribution in [1.29, 1.82) is 0 Å². The number of halogens is 1. The molecule has 4 heteroatoms. The molecular formula is C23H22ClNO2. The maximum atomic E-state index is 12.7. The minimum Gasteiger partial charge on any atom is -0.496 e. The lowest BCUT2D eigenvalue weighted by Crippen LogP contribution is -2.30. The molecule has 0 fully saturated rings. The van der Waals surface area contributed by atoms with Gasteiger partial charge in [0.15, 0.2) is 0 Å². The molecular weight excluding hydrogens is 358 g/mol. The molecule has 1 atom stereocenters. The van der Waals surface area contributed by atoms with Crippen molar-refractivity contribution in [2.24, 2.45) is 0 Å². The molecule has 0 aliphatic rings. The summed E-state index contributed by atoms with van der Waals surface area (Å²) in [5, 5.41) is 3.82. The second-order valence-corrected chi connectivity index (χ2v) is 6.88. The van der Waals surface area contributed by atoms with Gasteiger partial charge in [-0.2, -0.15) is 0 Å². The number of amides is 1. The third kappa shape index (κ3) is 4.89. The molecule has 3 aromatic rings. The lowest BCUT2D eigenvalue weighted by molar-refractivity contribution is -0.120. The molecule has 3 aromatic carbocycles. The summed E-state index contributed by atoms with van der Waals surface area (Å²) in [4.78, 5) is 12.7. The van der Waals surface area contributed by atoms with E-state index in [4.69, 9.17) is 16.3 Å². The largest absolute Gasteiger partial charge is 0.496 e. The summed E-state index contributed by atoms with van der Waals surface area (Å²) in [6, 6.07) is 23.1. The summed E-state index contributed by atoms with van der Waals surface area (Å²) in [5.41, 5.74) is 3.97. The molecule has 1 N–H and O–H groups in total. The summed E-state index contributed by atoms with van der Waals surface area (Å²) >= 11 is 6.02. The zero-order valence-corrected chi connectivity index (χ0v) is 16.2. The van der Waals surface area contributed by atoms with E-state index in [1.807, 2.05) is 79.7 Å². The highest BCUT2D eigenvalue weighted by Crippen LogP contribution is 2.24. The molecule has 0 spiro atoms. The van der Waals surface area contributed by atoms with Gasteiger partial charge in [0.25, 0.3) is 0 Å². The predicted octanol–water partition coefficient (Wildman–Crippen LogP) is 5.11. The third-order valence-electron chi connectivity index (χ3n) is 4.48. The van der Waals surface area contributed by atoms with Crippen LogP contribution in [0.2, 0.25) is 5.02 Å². The Morgan fingerprint density at radius 3 is 2.33 bits per heavy atom. The number of benzene rings is 3. The number of methoxy groups -OCH3 is 1. The molecule has 0 saturated carbocycles. The van der Waals surface area contributed by atoms with E-state index in [1.165, 1.54) is 0 Å². The van der Waals surface area contributed by atoms with Gasteiger partial charge >= 0.3 is 0 Å². The number of hydrogen-bond acceptors (Lipinski definition) is 2. The van der Waals surface area contributed by atoms with E-state index < -0.39 is 0 Å². The molecule has 0 radical (unpaired) electrons. The SMILES string of the molecule is COc1cc(CC(=O)N[C@H](c2ccccc2)c2ccc(Cl)cc2)ccc1C. The van der Waals surface area contributed by atoms with Gasteiger partial charge in [-0.3, -0.25) is 4.79 Å². The Hall–Kier alpha value is -2.78. The first-order valence-corrected chi connectivity index (χ1v) is 9.18. The van der Waals surface area contributed by atoms with Crippen molar-refractivity contribution in [3.8, 4) is 5.75 Å². The number of aryl methyl sites for hydroxylation is 1. The van der Waals surface area contributed by atoms with Crippen LogP contribution < -0.4 is 10.1 Å². The van der Waals surface area contributed by atoms with Gasteiger partial charge in [0.2, 0.25) is 5.91 Å². The second-order valence-electron chi connectivity index (χ2n) is 6.44. The fourth-order valence-electron chi connectivity index (χ4n) is 3.03. The Balaban J connectivity index is 1.81. The summed E-state index contributed by atoms with van der Waals surface area (Å²) < 4.78 is 5.35. The van der Waals surface area contributed by atoms with Gasteiger partial charge < -0.3 is 10.1 Å². The minimum atomic E-state index is -0.233. The molecule has 0 saturated heterocycles. The average Bonchev–Trinajstić information content (AvgIpc) is 2.69. The van der Waals surface area contributed by atoms with E-state index >= 15 is 0 Å². The van der Waals surface area contributed by atoms with Crippen molar-refractivity contribution in [3.05, 3.63) is 100 Å². The van der Waals surface area contributed by atoms with Crippen LogP contribution >= 0.6 is 11.6 Å². The number of rotatable bonds is 6. The monoisotopic (exact) mass is 379 g/mol. The zero-order valence-electron chi connectivity index (χ0n) is 15.4. The molecule has 1 amide bonds. The standard InChI is InChI=1S/C23H22ClNO2/c1-16-8-9-17(14-21(16)27-2)15-22(26)25-23(18-6-4-3-5-7-18)19-10-12-20(24)13-11-19/h3-14,23H,15H2,1-2H3,(H,25,26)/t23-/m1/s1. The maximum Gasteiger partial charge on any atom is 0.225 e. The van der Waals surface area contributed by atoms with Crippen molar-refractivity contribution in [3.63, 3.8) is 0 Å². The van der Waals surface area contributed by atoms with Crippen LogP contribution in [0.3, 0.4) is 0 Å². The lowest BCUT2D eigenvalue weighted by Gasteiger charge is -2.20. The van der Waals surface area contributed by atoms with Gasteiger partial charge in [-0.25, -0.2) is 0 Å². The Morgan fingerprint density at radius 2 is 1.67 bits per heavy atom. The van der Waals surface area contributed by atoms with Crippen LogP contribution in [0.15, 0.2) is 72.8 Å². The molecule has 27 heavy (non-hydrogen) atoms. The van der Waals surface area contributed by atoms with Crippen LogP contribution in [0.4, 0.5) is 0 Å². The van der Waals surface area contributed by atoms with Crippen molar-refractivity contribution in [2.45, 2.75) is 19.4 Å². The normalized spacial score (nSPS) is 11.7. The predicted molar refractivity (Wildman–Crippen MR) is 109 cm³/mol. The Labute approximate surface area is 164 Å². The number of carbonyl (C=O) groups excluding carboxylic acids is 1. The Bertz CT molecular complexity index is 907. The average molecular weight is 380 g/mol. The van der Waals surface area contributed by atoms with Crippen molar-refractivity contribution in [2.75, 3.05) is 7.11 Å².